The van der Waals surface area contributed by atoms with Gasteiger partial charge in [0.15, 0.2) is 0 Å². The van der Waals surface area contributed by atoms with Gasteiger partial charge in [0.2, 0.25) is 5.91 Å². The van der Waals surface area contributed by atoms with Gasteiger partial charge in [-0.2, -0.15) is 4.98 Å². The Bertz CT molecular complexity index is 975. The lowest BCUT2D eigenvalue weighted by molar-refractivity contribution is -0.396. The number of anilines is 1. The Morgan fingerprint density at radius 1 is 1.42 bits per heavy atom. The molecule has 13 nitrogen and oxygen atoms in total. The summed E-state index contributed by atoms with van der Waals surface area (Å²) in [5.74, 6) is -5.09. The van der Waals surface area contributed by atoms with Crippen LogP contribution in [0.5, 0.6) is 0 Å². The topological polar surface area (TPSA) is 175 Å². The Labute approximate surface area is 173 Å². The normalized spacial score (nSPS) is 13.6. The van der Waals surface area contributed by atoms with Crippen LogP contribution >= 0.6 is 0 Å². The number of nitro groups is 1. The maximum absolute atomic E-state index is 14.2. The maximum Gasteiger partial charge on any atom is 0.434 e. The summed E-state index contributed by atoms with van der Waals surface area (Å²) in [5.41, 5.74) is -1.12. The van der Waals surface area contributed by atoms with Gasteiger partial charge in [0.05, 0.1) is 26.1 Å². The molecule has 1 unspecified atom stereocenters. The third-order valence-corrected chi connectivity index (χ3v) is 4.23. The fourth-order valence-corrected chi connectivity index (χ4v) is 2.59. The summed E-state index contributed by atoms with van der Waals surface area (Å²) in [6, 6.07) is 1.10. The van der Waals surface area contributed by atoms with Gasteiger partial charge in [-0.1, -0.05) is 4.98 Å². The van der Waals surface area contributed by atoms with Gasteiger partial charge in [0, 0.05) is 13.3 Å². The van der Waals surface area contributed by atoms with Crippen LogP contribution in [0.3, 0.4) is 0 Å². The second-order valence-corrected chi connectivity index (χ2v) is 6.36. The van der Waals surface area contributed by atoms with E-state index in [1.54, 1.807) is 0 Å². The molecule has 0 saturated heterocycles. The molecule has 0 aliphatic carbocycles. The van der Waals surface area contributed by atoms with Crippen LogP contribution in [0.2, 0.25) is 0 Å². The molecule has 0 bridgehead atoms. The number of imidazole rings is 1. The molecule has 2 heterocycles. The van der Waals surface area contributed by atoms with E-state index in [0.29, 0.717) is 4.57 Å². The lowest BCUT2D eigenvalue weighted by atomic mass is 10.1. The fourth-order valence-electron chi connectivity index (χ4n) is 2.59. The van der Waals surface area contributed by atoms with Gasteiger partial charge in [-0.3, -0.25) is 9.36 Å². The summed E-state index contributed by atoms with van der Waals surface area (Å²) < 4.78 is 34.6. The van der Waals surface area contributed by atoms with Crippen LogP contribution in [0.15, 0.2) is 29.5 Å². The number of rotatable bonds is 11. The lowest BCUT2D eigenvalue weighted by Crippen LogP contribution is -2.49. The second-order valence-electron chi connectivity index (χ2n) is 6.36. The highest BCUT2D eigenvalue weighted by molar-refractivity contribution is 5.89. The molecular weight excluding hydrogens is 426 g/mol. The number of methoxy groups -OCH3 is 1. The molecule has 0 radical (unpaired) electrons. The zero-order chi connectivity index (χ0) is 23.2. The first-order chi connectivity index (χ1) is 14.6. The summed E-state index contributed by atoms with van der Waals surface area (Å²) in [6.07, 6.45) is -0.646. The minimum atomic E-state index is -3.82. The lowest BCUT2D eigenvalue weighted by Gasteiger charge is -2.27. The minimum absolute atomic E-state index is 0.0607. The number of nitrogens with one attached hydrogen (secondary N) is 1. The number of nitrogens with zero attached hydrogens (tertiary/aromatic N) is 5. The summed E-state index contributed by atoms with van der Waals surface area (Å²) in [4.78, 5) is 41.1. The molecular formula is C16H20F2N6O7. The van der Waals surface area contributed by atoms with Crippen LogP contribution in [0, 0.1) is 10.1 Å². The van der Waals surface area contributed by atoms with Crippen LogP contribution in [0.4, 0.5) is 20.5 Å². The average Bonchev–Trinajstić information content (AvgIpc) is 3.18. The number of alkyl halides is 2. The van der Waals surface area contributed by atoms with Crippen LogP contribution in [-0.4, -0.2) is 72.0 Å². The molecule has 0 saturated carbocycles. The molecule has 0 aliphatic rings. The van der Waals surface area contributed by atoms with Crippen molar-refractivity contribution < 1.29 is 33.4 Å². The first kappa shape index (κ1) is 24.0. The largest absolute Gasteiger partial charge is 0.434 e. The van der Waals surface area contributed by atoms with Crippen molar-refractivity contribution in [2.24, 2.45) is 0 Å². The number of aliphatic hydroxyl groups is 2. The van der Waals surface area contributed by atoms with Gasteiger partial charge in [0.1, 0.15) is 30.4 Å². The molecule has 15 heteroatoms. The van der Waals surface area contributed by atoms with Gasteiger partial charge >= 0.3 is 11.6 Å². The van der Waals surface area contributed by atoms with Crippen LogP contribution in [-0.2, 0) is 22.6 Å². The Morgan fingerprint density at radius 2 is 2.13 bits per heavy atom. The highest BCUT2D eigenvalue weighted by atomic mass is 19.3. The Balaban J connectivity index is 2.00. The molecule has 2 aromatic heterocycles. The van der Waals surface area contributed by atoms with Crippen LogP contribution in [0.25, 0.3) is 0 Å². The van der Waals surface area contributed by atoms with E-state index in [1.807, 2.05) is 0 Å². The van der Waals surface area contributed by atoms with Gasteiger partial charge < -0.3 is 30.4 Å². The molecule has 170 valence electrons. The predicted molar refractivity (Wildman–Crippen MR) is 99.5 cm³/mol. The minimum Gasteiger partial charge on any atom is -0.394 e. The number of ether oxygens (including phenoxy) is 1. The maximum atomic E-state index is 14.2. The smallest absolute Gasteiger partial charge is 0.394 e. The third kappa shape index (κ3) is 6.09. The Hall–Kier alpha value is -3.30. The van der Waals surface area contributed by atoms with Crippen molar-refractivity contribution >= 4 is 17.7 Å². The van der Waals surface area contributed by atoms with E-state index >= 15 is 0 Å². The van der Waals surface area contributed by atoms with Crippen LogP contribution < -0.4 is 11.0 Å². The first-order valence-corrected chi connectivity index (χ1v) is 8.81. The van der Waals surface area contributed by atoms with E-state index in [9.17, 15) is 33.6 Å². The zero-order valence-electron chi connectivity index (χ0n) is 16.2. The molecule has 2 atom stereocenters. The van der Waals surface area contributed by atoms with E-state index in [4.69, 9.17) is 5.11 Å². The number of aryl methyl sites for hydroxylation is 1. The van der Waals surface area contributed by atoms with Gasteiger partial charge in [-0.15, -0.1) is 0 Å². The fraction of sp³-hybridized carbons (Fsp3) is 0.500. The third-order valence-electron chi connectivity index (χ3n) is 4.23. The molecule has 0 fully saturated rings. The van der Waals surface area contributed by atoms with E-state index in [0.717, 1.165) is 23.9 Å². The molecule has 1 amide bonds. The standard InChI is InChI=1S/C16H20F2N6O7/c1-31-10(8-25)13(27)16(17,18)9-23-5-2-11(21-15(23)28)20-12(26)3-6-22-7-4-19-14(22)24(29)30/h2,4-5,7,10,13,25,27H,3,6,8-9H2,1H3,(H,20,21,26,28)/t10?,13-/m0/s1. The van der Waals surface area contributed by atoms with Crippen molar-refractivity contribution in [3.8, 4) is 0 Å². The number of hydrogen-bond acceptors (Lipinski definition) is 9. The van der Waals surface area contributed by atoms with Crippen molar-refractivity contribution in [2.45, 2.75) is 37.6 Å². The predicted octanol–water partition coefficient (Wildman–Crippen LogP) is -0.620. The molecule has 2 rings (SSSR count). The molecule has 3 N–H and O–H groups in total. The quantitative estimate of drug-likeness (QED) is 0.300. The number of amides is 1. The van der Waals surface area contributed by atoms with Crippen molar-refractivity contribution in [2.75, 3.05) is 19.0 Å². The van der Waals surface area contributed by atoms with E-state index in [2.05, 4.69) is 20.0 Å². The van der Waals surface area contributed by atoms with Crippen molar-refractivity contribution in [1.82, 2.24) is 19.1 Å². The number of carbonyl (C=O) groups is 1. The zero-order valence-corrected chi connectivity index (χ0v) is 16.2. The van der Waals surface area contributed by atoms with Crippen molar-refractivity contribution in [3.05, 3.63) is 45.3 Å². The number of hydrogen-bond donors (Lipinski definition) is 3. The highest BCUT2D eigenvalue weighted by Crippen LogP contribution is 2.24. The SMILES string of the molecule is COC(CO)[C@H](O)C(F)(F)Cn1ccc(NC(=O)CCn2ccnc2[N+](=O)[O-])nc1=O. The number of aromatic nitrogens is 4. The number of halogens is 2. The number of carbonyl (C=O) groups excluding carboxylic acids is 1. The van der Waals surface area contributed by atoms with E-state index < -0.39 is 53.8 Å². The summed E-state index contributed by atoms with van der Waals surface area (Å²) in [7, 11) is 1.04. The van der Waals surface area contributed by atoms with Gasteiger partial charge in [0.25, 0.3) is 5.92 Å². The second kappa shape index (κ2) is 10.1. The Kier molecular flexibility index (Phi) is 7.84. The summed E-state index contributed by atoms with van der Waals surface area (Å²) in [5, 5.41) is 31.7. The molecule has 0 aliphatic heterocycles. The molecule has 31 heavy (non-hydrogen) atoms. The Morgan fingerprint density at radius 3 is 2.71 bits per heavy atom. The highest BCUT2D eigenvalue weighted by Gasteiger charge is 2.44. The van der Waals surface area contributed by atoms with Crippen LogP contribution in [0.1, 0.15) is 6.42 Å². The van der Waals surface area contributed by atoms with E-state index in [1.165, 1.54) is 12.4 Å². The molecule has 2 aromatic rings. The number of aliphatic hydroxyl groups excluding tert-OH is 2. The molecule has 0 aromatic carbocycles. The van der Waals surface area contributed by atoms with Gasteiger partial charge in [-0.05, 0) is 11.0 Å². The first-order valence-electron chi connectivity index (χ1n) is 8.81. The van der Waals surface area contributed by atoms with Gasteiger partial charge in [-0.25, -0.2) is 18.1 Å². The monoisotopic (exact) mass is 446 g/mol. The summed E-state index contributed by atoms with van der Waals surface area (Å²) in [6.45, 7) is -2.15. The molecule has 0 spiro atoms. The summed E-state index contributed by atoms with van der Waals surface area (Å²) >= 11 is 0. The van der Waals surface area contributed by atoms with E-state index in [-0.39, 0.29) is 18.8 Å². The average molecular weight is 446 g/mol. The van der Waals surface area contributed by atoms with Crippen molar-refractivity contribution in [1.29, 1.82) is 0 Å². The van der Waals surface area contributed by atoms with Crippen molar-refractivity contribution in [3.63, 3.8) is 0 Å².